The van der Waals surface area contributed by atoms with Crippen molar-refractivity contribution in [1.29, 1.82) is 0 Å². The van der Waals surface area contributed by atoms with Crippen LogP contribution in [0.15, 0.2) is 65.7 Å². The Hall–Kier alpha value is -9.54. The van der Waals surface area contributed by atoms with Crippen LogP contribution in [0.25, 0.3) is 0 Å². The molecule has 2 aromatic rings. The summed E-state index contributed by atoms with van der Waals surface area (Å²) in [7, 11) is 0. The number of carbonyl (C=O) groups excluding carboxylic acids is 13. The second-order valence-electron chi connectivity index (χ2n) is 27.1. The summed E-state index contributed by atoms with van der Waals surface area (Å²) in [6.45, 7) is 16.2. The molecule has 15 atom stereocenters. The molecule has 0 spiro atoms. The Morgan fingerprint density at radius 2 is 1.22 bits per heavy atom. The lowest BCUT2D eigenvalue weighted by Crippen LogP contribution is -2.64. The molecule has 2 aromatic carbocycles. The molecule has 0 aliphatic carbocycles. The number of hydrogen-bond donors (Lipinski definition) is 18. The Labute approximate surface area is 587 Å². The minimum absolute atomic E-state index is 0.0208. The molecule has 0 radical (unpaired) electrons. The molecule has 12 amide bonds. The molecule has 0 bridgehead atoms. The third-order valence-corrected chi connectivity index (χ3v) is 16.0. The second kappa shape index (κ2) is 41.3. The number of guanidine groups is 1. The predicted octanol–water partition coefficient (Wildman–Crippen LogP) is -3.42. The van der Waals surface area contributed by atoms with Crippen molar-refractivity contribution in [2.75, 3.05) is 26.2 Å². The Kier molecular flexibility index (Phi) is 35.0. The van der Waals surface area contributed by atoms with Crippen LogP contribution < -0.4 is 75.7 Å². The molecule has 101 heavy (non-hydrogen) atoms. The van der Waals surface area contributed by atoms with Crippen molar-refractivity contribution >= 4 is 83.0 Å². The van der Waals surface area contributed by atoms with E-state index in [2.05, 4.69) is 52.8 Å². The third-order valence-electron chi connectivity index (χ3n) is 16.0. The lowest BCUT2D eigenvalue weighted by Gasteiger charge is -2.34. The van der Waals surface area contributed by atoms with E-state index in [4.69, 9.17) is 26.7 Å². The maximum absolute atomic E-state index is 15.6. The zero-order chi connectivity index (χ0) is 76.2. The standard InChI is InChI=1S/C67H105N15O19/c1-13-36(8)46-60(94)80-47(37(9)84)59(93)72-31-45(85)78-49(52(87)54(68)88)62(96)77-44(32-83)64(98)100-53(39-23-18-15-19-24-39)50(82-58(92)43(28-34(4)5)75-55(89)40(29-38-21-16-14-17-22-38)30-73-66(99)101-67(10,11)12)63(97)81-48(51(86)35(6)7)61(95)76-42(27-33(2)3)57(91)74-41(56(90)79-46)25-20-26-71-65(69)70/h14-19,21-24,33-37,40-44,46-53,83-84,86-87H,13,20,25-32H2,1-12H3,(H2,68,88)(H,72,93)(H,73,99)(H,74,91)(H,75,89)(H,76,95)(H,77,96)(H,78,85)(H,79,90)(H,80,94)(H,81,97)(H,82,92)(H4,69,70,71)/t36-,37-,40-,41+,42-,43-,44-,46-,47-,48-,49-,50-,51+,52-,53+/m0/s1. The normalized spacial score (nSPS) is 23.3. The SMILES string of the molecule is CC[C@H](C)[C@@H]1NC(=O)[C@@H](CCCN=C(N)N)NC(=O)[C@H](CC(C)C)NC(=O)[C@H]([C@H](O)C(C)C)NC(=O)[C@@H](NC(=O)[C@H](CC(C)C)NC(=O)[C@H](CNC(=O)OC(C)(C)C)Cc2ccccc2)[C@@H](c2ccccc2)OC(=O)[C@H](CO)NC(=O)[C@H]([C@H](O)C(N)=O)NC(=O)CNC(=O)[C@H]([C@H](C)O)NC1=O. The molecule has 34 heteroatoms. The van der Waals surface area contributed by atoms with Crippen LogP contribution in [0.2, 0.25) is 0 Å². The highest BCUT2D eigenvalue weighted by atomic mass is 16.6. The topological polar surface area (TPSA) is 544 Å². The Bertz CT molecular complexity index is 3170. The number of alkyl carbamates (subject to hydrolysis) is 1. The molecule has 1 heterocycles. The number of rotatable bonds is 25. The van der Waals surface area contributed by atoms with Crippen molar-refractivity contribution < 1.29 is 92.2 Å². The van der Waals surface area contributed by atoms with E-state index in [1.54, 1.807) is 92.6 Å². The van der Waals surface area contributed by atoms with E-state index in [0.717, 1.165) is 6.92 Å². The van der Waals surface area contributed by atoms with Gasteiger partial charge in [0.2, 0.25) is 65.0 Å². The van der Waals surface area contributed by atoms with Crippen molar-refractivity contribution in [2.24, 2.45) is 51.8 Å². The second-order valence-corrected chi connectivity index (χ2v) is 27.1. The summed E-state index contributed by atoms with van der Waals surface area (Å²) >= 11 is 0. The van der Waals surface area contributed by atoms with Crippen molar-refractivity contribution in [3.63, 3.8) is 0 Å². The maximum atomic E-state index is 15.6. The molecular formula is C67H105N15O19. The van der Waals surface area contributed by atoms with Crippen LogP contribution in [0.1, 0.15) is 132 Å². The van der Waals surface area contributed by atoms with Crippen molar-refractivity contribution in [1.82, 2.24) is 58.5 Å². The van der Waals surface area contributed by atoms with Gasteiger partial charge in [0.25, 0.3) is 0 Å². The van der Waals surface area contributed by atoms with Crippen LogP contribution in [0.5, 0.6) is 0 Å². The van der Waals surface area contributed by atoms with E-state index in [1.807, 2.05) is 10.6 Å². The van der Waals surface area contributed by atoms with Gasteiger partial charge in [0.1, 0.15) is 53.9 Å². The Morgan fingerprint density at radius 3 is 1.76 bits per heavy atom. The van der Waals surface area contributed by atoms with Crippen LogP contribution in [0.4, 0.5) is 4.79 Å². The fourth-order valence-corrected chi connectivity index (χ4v) is 10.3. The highest BCUT2D eigenvalue weighted by Crippen LogP contribution is 2.25. The lowest BCUT2D eigenvalue weighted by atomic mass is 9.95. The first-order chi connectivity index (χ1) is 47.3. The number of aliphatic imine (C=N–C) groups is 1. The molecule has 562 valence electrons. The molecule has 1 saturated heterocycles. The van der Waals surface area contributed by atoms with Gasteiger partial charge in [-0.1, -0.05) is 122 Å². The molecule has 1 fully saturated rings. The summed E-state index contributed by atoms with van der Waals surface area (Å²) in [5, 5.41) is 71.3. The van der Waals surface area contributed by atoms with Crippen LogP contribution >= 0.6 is 0 Å². The van der Waals surface area contributed by atoms with Gasteiger partial charge in [-0.05, 0) is 94.6 Å². The number of nitrogens with one attached hydrogen (secondary N) is 11. The van der Waals surface area contributed by atoms with Crippen LogP contribution in [0, 0.1) is 29.6 Å². The summed E-state index contributed by atoms with van der Waals surface area (Å²) in [6.07, 6.45) is -9.38. The number of aliphatic hydroxyl groups excluding tert-OH is 4. The van der Waals surface area contributed by atoms with Crippen LogP contribution in [-0.2, 0) is 73.4 Å². The quantitative estimate of drug-likeness (QED) is 0.0199. The maximum Gasteiger partial charge on any atom is 0.407 e. The first-order valence-corrected chi connectivity index (χ1v) is 33.5. The van der Waals surface area contributed by atoms with E-state index in [1.165, 1.54) is 44.2 Å². The van der Waals surface area contributed by atoms with Gasteiger partial charge in [0, 0.05) is 13.1 Å². The van der Waals surface area contributed by atoms with Gasteiger partial charge < -0.3 is 106 Å². The zero-order valence-electron chi connectivity index (χ0n) is 59.3. The Balaban J connectivity index is 2.44. The molecule has 1 aliphatic heterocycles. The fourth-order valence-electron chi connectivity index (χ4n) is 10.3. The van der Waals surface area contributed by atoms with Crippen LogP contribution in [0.3, 0.4) is 0 Å². The van der Waals surface area contributed by atoms with Gasteiger partial charge in [-0.3, -0.25) is 57.7 Å². The van der Waals surface area contributed by atoms with Gasteiger partial charge in [-0.2, -0.15) is 0 Å². The first-order valence-electron chi connectivity index (χ1n) is 33.5. The number of aliphatic hydroxyl groups is 4. The van der Waals surface area contributed by atoms with Gasteiger partial charge >= 0.3 is 12.1 Å². The summed E-state index contributed by atoms with van der Waals surface area (Å²) in [4.78, 5) is 190. The molecule has 1 aliphatic rings. The number of esters is 1. The predicted molar refractivity (Wildman–Crippen MR) is 367 cm³/mol. The van der Waals surface area contributed by atoms with Crippen molar-refractivity contribution in [3.05, 3.63) is 71.8 Å². The zero-order valence-corrected chi connectivity index (χ0v) is 59.3. The number of nitrogens with zero attached hydrogens (tertiary/aromatic N) is 1. The summed E-state index contributed by atoms with van der Waals surface area (Å²) < 4.78 is 11.4. The molecule has 21 N–H and O–H groups in total. The molecular weight excluding hydrogens is 1320 g/mol. The van der Waals surface area contributed by atoms with E-state index in [-0.39, 0.29) is 63.1 Å². The van der Waals surface area contributed by atoms with E-state index < -0.39 is 204 Å². The molecule has 0 aromatic heterocycles. The highest BCUT2D eigenvalue weighted by Gasteiger charge is 2.44. The smallest absolute Gasteiger partial charge is 0.407 e. The van der Waals surface area contributed by atoms with Gasteiger partial charge in [-0.15, -0.1) is 0 Å². The number of hydrogen-bond acceptors (Lipinski definition) is 20. The van der Waals surface area contributed by atoms with Gasteiger partial charge in [0.15, 0.2) is 24.2 Å². The average molecular weight is 1420 g/mol. The summed E-state index contributed by atoms with van der Waals surface area (Å²) in [5.41, 5.74) is 16.1. The summed E-state index contributed by atoms with van der Waals surface area (Å²) in [5.74, 6) is -18.7. The molecule has 0 unspecified atom stereocenters. The van der Waals surface area contributed by atoms with Crippen molar-refractivity contribution in [2.45, 2.75) is 206 Å². The monoisotopic (exact) mass is 1420 g/mol. The third kappa shape index (κ3) is 28.9. The van der Waals surface area contributed by atoms with Crippen LogP contribution in [-0.4, -0.2) is 208 Å². The minimum Gasteiger partial charge on any atom is -0.453 e. The van der Waals surface area contributed by atoms with Crippen molar-refractivity contribution in [3.8, 4) is 0 Å². The molecule has 34 nitrogen and oxygen atoms in total. The highest BCUT2D eigenvalue weighted by molar-refractivity contribution is 6.00. The van der Waals surface area contributed by atoms with Gasteiger partial charge in [-0.25, -0.2) is 9.59 Å². The fraction of sp³-hybridized carbons (Fsp3) is 0.612. The lowest BCUT2D eigenvalue weighted by molar-refractivity contribution is -0.159. The van der Waals surface area contributed by atoms with Gasteiger partial charge in [0.05, 0.1) is 31.3 Å². The number of carbonyl (C=O) groups is 13. The largest absolute Gasteiger partial charge is 0.453 e. The summed E-state index contributed by atoms with van der Waals surface area (Å²) in [6, 6.07) is -1.42. The number of cyclic esters (lactones) is 1. The average Bonchev–Trinajstić information content (AvgIpc) is 0.816. The number of ether oxygens (including phenoxy) is 2. The van der Waals surface area contributed by atoms with E-state index in [0.29, 0.717) is 5.56 Å². The Morgan fingerprint density at radius 1 is 0.663 bits per heavy atom. The number of nitrogens with two attached hydrogens (primary N) is 3. The molecule has 3 rings (SSSR count). The first kappa shape index (κ1) is 85.7. The molecule has 0 saturated carbocycles. The minimum atomic E-state index is -2.60. The number of benzene rings is 2. The number of amides is 12. The number of primary amides is 1. The van der Waals surface area contributed by atoms with E-state index >= 15 is 14.4 Å². The van der Waals surface area contributed by atoms with E-state index in [9.17, 15) is 68.4 Å².